The summed E-state index contributed by atoms with van der Waals surface area (Å²) in [6.45, 7) is 8.04. The van der Waals surface area contributed by atoms with Crippen molar-refractivity contribution in [2.45, 2.75) is 32.8 Å². The molecule has 3 aromatic rings. The van der Waals surface area contributed by atoms with Crippen molar-refractivity contribution in [3.8, 4) is 5.75 Å². The first-order valence-corrected chi connectivity index (χ1v) is 12.4. The molecule has 0 aliphatic carbocycles. The van der Waals surface area contributed by atoms with Crippen LogP contribution in [0.4, 0.5) is 10.2 Å². The second-order valence-electron chi connectivity index (χ2n) is 8.88. The van der Waals surface area contributed by atoms with Crippen molar-refractivity contribution in [1.82, 2.24) is 14.9 Å². The molecule has 1 N–H and O–H groups in total. The first-order chi connectivity index (χ1) is 16.9. The molecule has 1 aromatic heterocycles. The van der Waals surface area contributed by atoms with E-state index in [0.717, 1.165) is 61.4 Å². The van der Waals surface area contributed by atoms with Crippen LogP contribution < -0.4 is 9.64 Å². The fourth-order valence-electron chi connectivity index (χ4n) is 4.40. The van der Waals surface area contributed by atoms with Gasteiger partial charge in [0.25, 0.3) is 0 Å². The number of anilines is 1. The quantitative estimate of drug-likeness (QED) is 0.475. The summed E-state index contributed by atoms with van der Waals surface area (Å²) in [5.41, 5.74) is 3.43. The zero-order valence-electron chi connectivity index (χ0n) is 20.3. The van der Waals surface area contributed by atoms with Gasteiger partial charge in [0, 0.05) is 55.4 Å². The number of rotatable bonds is 9. The number of piperazine rings is 1. The third-order valence-corrected chi connectivity index (χ3v) is 6.46. The van der Waals surface area contributed by atoms with Gasteiger partial charge in [0.1, 0.15) is 35.9 Å². The summed E-state index contributed by atoms with van der Waals surface area (Å²) >= 11 is 6.08. The molecular formula is C27H32ClFN4O2. The Morgan fingerprint density at radius 1 is 1.03 bits per heavy atom. The highest BCUT2D eigenvalue weighted by Crippen LogP contribution is 2.26. The number of aliphatic hydroxyl groups is 1. The maximum absolute atomic E-state index is 13.0. The van der Waals surface area contributed by atoms with Gasteiger partial charge in [-0.1, -0.05) is 30.7 Å². The lowest BCUT2D eigenvalue weighted by Gasteiger charge is -2.37. The van der Waals surface area contributed by atoms with E-state index in [1.54, 1.807) is 12.1 Å². The molecule has 6 nitrogen and oxygen atoms in total. The van der Waals surface area contributed by atoms with Crippen LogP contribution in [0.25, 0.3) is 0 Å². The molecule has 1 fully saturated rings. The Bertz CT molecular complexity index is 1100. The van der Waals surface area contributed by atoms with Gasteiger partial charge in [0.2, 0.25) is 0 Å². The lowest BCUT2D eigenvalue weighted by Crippen LogP contribution is -2.49. The van der Waals surface area contributed by atoms with Gasteiger partial charge >= 0.3 is 0 Å². The van der Waals surface area contributed by atoms with E-state index in [4.69, 9.17) is 26.3 Å². The van der Waals surface area contributed by atoms with Gasteiger partial charge in [-0.05, 0) is 55.3 Å². The van der Waals surface area contributed by atoms with Crippen molar-refractivity contribution in [3.63, 3.8) is 0 Å². The van der Waals surface area contributed by atoms with E-state index in [0.29, 0.717) is 12.3 Å². The monoisotopic (exact) mass is 498 g/mol. The van der Waals surface area contributed by atoms with Crippen LogP contribution in [0.1, 0.15) is 29.6 Å². The number of ether oxygens (including phenoxy) is 1. The number of aryl methyl sites for hydroxylation is 2. The molecular weight excluding hydrogens is 467 g/mol. The van der Waals surface area contributed by atoms with Crippen LogP contribution in [0, 0.1) is 12.7 Å². The fourth-order valence-corrected chi connectivity index (χ4v) is 4.52. The van der Waals surface area contributed by atoms with E-state index in [2.05, 4.69) is 28.9 Å². The molecule has 0 spiro atoms. The molecule has 186 valence electrons. The predicted octanol–water partition coefficient (Wildman–Crippen LogP) is 4.29. The van der Waals surface area contributed by atoms with Crippen molar-refractivity contribution in [2.75, 3.05) is 44.2 Å². The molecule has 1 atom stereocenters. The minimum Gasteiger partial charge on any atom is -0.491 e. The third kappa shape index (κ3) is 6.90. The van der Waals surface area contributed by atoms with Crippen LogP contribution in [-0.4, -0.2) is 65.4 Å². The highest BCUT2D eigenvalue weighted by Gasteiger charge is 2.24. The van der Waals surface area contributed by atoms with Crippen LogP contribution in [-0.2, 0) is 12.8 Å². The lowest BCUT2D eigenvalue weighted by atomic mass is 10.0. The molecule has 35 heavy (non-hydrogen) atoms. The molecule has 1 unspecified atom stereocenters. The molecule has 1 aliphatic heterocycles. The highest BCUT2D eigenvalue weighted by molar-refractivity contribution is 6.30. The molecule has 4 rings (SSSR count). The molecule has 0 saturated carbocycles. The summed E-state index contributed by atoms with van der Waals surface area (Å²) in [6, 6.07) is 13.8. The predicted molar refractivity (Wildman–Crippen MR) is 137 cm³/mol. The molecule has 2 aromatic carbocycles. The summed E-state index contributed by atoms with van der Waals surface area (Å²) in [5.74, 6) is 2.03. The van der Waals surface area contributed by atoms with Gasteiger partial charge in [0.15, 0.2) is 0 Å². The smallest absolute Gasteiger partial charge is 0.136 e. The van der Waals surface area contributed by atoms with Crippen LogP contribution in [0.2, 0.25) is 5.02 Å². The molecule has 8 heteroatoms. The Kier molecular flexibility index (Phi) is 8.55. The summed E-state index contributed by atoms with van der Waals surface area (Å²) in [5, 5.41) is 11.2. The zero-order valence-corrected chi connectivity index (χ0v) is 21.0. The second-order valence-corrected chi connectivity index (χ2v) is 9.32. The van der Waals surface area contributed by atoms with E-state index in [9.17, 15) is 9.50 Å². The number of hydrogen-bond donors (Lipinski definition) is 1. The largest absolute Gasteiger partial charge is 0.491 e. The first kappa shape index (κ1) is 25.4. The van der Waals surface area contributed by atoms with Crippen molar-refractivity contribution in [2.24, 2.45) is 0 Å². The number of aromatic nitrogens is 2. The normalized spacial score (nSPS) is 15.3. The van der Waals surface area contributed by atoms with Crippen LogP contribution >= 0.6 is 11.6 Å². The van der Waals surface area contributed by atoms with Gasteiger partial charge in [-0.3, -0.25) is 4.90 Å². The molecule has 2 heterocycles. The van der Waals surface area contributed by atoms with Crippen LogP contribution in [0.15, 0.2) is 48.5 Å². The van der Waals surface area contributed by atoms with Crippen molar-refractivity contribution in [1.29, 1.82) is 0 Å². The first-order valence-electron chi connectivity index (χ1n) is 12.1. The fraction of sp³-hybridized carbons (Fsp3) is 0.407. The summed E-state index contributed by atoms with van der Waals surface area (Å²) in [7, 11) is 0. The minimum absolute atomic E-state index is 0.169. The van der Waals surface area contributed by atoms with E-state index in [1.807, 2.05) is 19.1 Å². The summed E-state index contributed by atoms with van der Waals surface area (Å²) in [4.78, 5) is 14.1. The number of halogens is 2. The standard InChI is InChI=1S/C27H32ClFN4O2/c1-3-26-25(16-20-4-6-21(28)7-5-20)27(31-19(2)30-26)33-14-12-32(13-15-33)17-23(34)18-35-24-10-8-22(29)9-11-24/h4-11,23,34H,3,12-18H2,1-2H3. The Balaban J connectivity index is 1.37. The number of nitrogens with zero attached hydrogens (tertiary/aromatic N) is 4. The number of benzene rings is 2. The zero-order chi connectivity index (χ0) is 24.8. The second kappa shape index (κ2) is 11.8. The third-order valence-electron chi connectivity index (χ3n) is 6.21. The average molecular weight is 499 g/mol. The van der Waals surface area contributed by atoms with Gasteiger partial charge in [-0.25, -0.2) is 14.4 Å². The highest BCUT2D eigenvalue weighted by atomic mass is 35.5. The summed E-state index contributed by atoms with van der Waals surface area (Å²) < 4.78 is 18.6. The minimum atomic E-state index is -0.625. The summed E-state index contributed by atoms with van der Waals surface area (Å²) in [6.07, 6.45) is 0.981. The van der Waals surface area contributed by atoms with E-state index >= 15 is 0 Å². The van der Waals surface area contributed by atoms with Crippen molar-refractivity contribution < 1.29 is 14.2 Å². The Morgan fingerprint density at radius 3 is 2.37 bits per heavy atom. The number of aliphatic hydroxyl groups excluding tert-OH is 1. The number of hydrogen-bond acceptors (Lipinski definition) is 6. The van der Waals surface area contributed by atoms with E-state index < -0.39 is 6.10 Å². The van der Waals surface area contributed by atoms with Gasteiger partial charge in [0.05, 0.1) is 0 Å². The Labute approximate surface area is 211 Å². The maximum Gasteiger partial charge on any atom is 0.136 e. The van der Waals surface area contributed by atoms with Crippen LogP contribution in [0.3, 0.4) is 0 Å². The average Bonchev–Trinajstić information content (AvgIpc) is 2.86. The lowest BCUT2D eigenvalue weighted by molar-refractivity contribution is 0.0662. The number of β-amino-alcohol motifs (C(OH)–C–C–N with tert-alkyl or cyclic N) is 1. The molecule has 1 aliphatic rings. The van der Waals surface area contributed by atoms with Crippen LogP contribution in [0.5, 0.6) is 5.75 Å². The van der Waals surface area contributed by atoms with Gasteiger partial charge in [-0.2, -0.15) is 0 Å². The van der Waals surface area contributed by atoms with Gasteiger partial charge in [-0.15, -0.1) is 0 Å². The molecule has 1 saturated heterocycles. The van der Waals surface area contributed by atoms with E-state index in [1.165, 1.54) is 23.3 Å². The topological polar surface area (TPSA) is 61.7 Å². The SMILES string of the molecule is CCc1nc(C)nc(N2CCN(CC(O)COc3ccc(F)cc3)CC2)c1Cc1ccc(Cl)cc1. The molecule has 0 radical (unpaired) electrons. The van der Waals surface area contributed by atoms with Gasteiger partial charge < -0.3 is 14.7 Å². The maximum atomic E-state index is 13.0. The molecule has 0 amide bonds. The molecule has 0 bridgehead atoms. The van der Waals surface area contributed by atoms with Crippen molar-refractivity contribution >= 4 is 17.4 Å². The van der Waals surface area contributed by atoms with Crippen molar-refractivity contribution in [3.05, 3.63) is 82.0 Å². The Hall–Kier alpha value is -2.74. The Morgan fingerprint density at radius 2 is 1.71 bits per heavy atom. The van der Waals surface area contributed by atoms with E-state index in [-0.39, 0.29) is 12.4 Å².